The summed E-state index contributed by atoms with van der Waals surface area (Å²) < 4.78 is 27.2. The number of nitrogens with one attached hydrogen (secondary N) is 1. The molecule has 3 aromatic heterocycles. The van der Waals surface area contributed by atoms with Gasteiger partial charge in [-0.1, -0.05) is 23.7 Å². The Balaban J connectivity index is 2.04. The topological polar surface area (TPSA) is 113 Å². The van der Waals surface area contributed by atoms with E-state index in [4.69, 9.17) is 11.6 Å². The van der Waals surface area contributed by atoms with Crippen molar-refractivity contribution in [1.82, 2.24) is 19.6 Å². The summed E-state index contributed by atoms with van der Waals surface area (Å²) in [5.74, 6) is 0.167. The number of hydrogen-bond acceptors (Lipinski definition) is 6. The Kier molecular flexibility index (Phi) is 4.89. The van der Waals surface area contributed by atoms with Crippen molar-refractivity contribution in [2.24, 2.45) is 0 Å². The summed E-state index contributed by atoms with van der Waals surface area (Å²) in [6, 6.07) is 14.2. The van der Waals surface area contributed by atoms with E-state index in [2.05, 4.69) is 25.9 Å². The Labute approximate surface area is 177 Å². The molecule has 0 atom stereocenters. The van der Waals surface area contributed by atoms with Gasteiger partial charge in [0.2, 0.25) is 10.0 Å². The van der Waals surface area contributed by atoms with Crippen LogP contribution in [0.1, 0.15) is 11.3 Å². The molecule has 0 aliphatic rings. The largest absolute Gasteiger partial charge is 0.267 e. The summed E-state index contributed by atoms with van der Waals surface area (Å²) >= 11 is 6.19. The standard InChI is InChI=1S/C20H15ClN6O2S/c1-12-8-15(10-16(21)23-12)18-19(14-5-3-4-13(9-14)11-22)25-27-7-6-17(24-20(18)27)26-30(2,28)29/h3-10H,1-2H3,(H,24,26). The van der Waals surface area contributed by atoms with Gasteiger partial charge in [0, 0.05) is 17.5 Å². The van der Waals surface area contributed by atoms with Gasteiger partial charge in [-0.2, -0.15) is 10.4 Å². The van der Waals surface area contributed by atoms with Gasteiger partial charge in [0.1, 0.15) is 16.7 Å². The summed E-state index contributed by atoms with van der Waals surface area (Å²) in [7, 11) is -3.50. The lowest BCUT2D eigenvalue weighted by atomic mass is 10.00. The quantitative estimate of drug-likeness (QED) is 0.486. The zero-order valence-electron chi connectivity index (χ0n) is 16.0. The SMILES string of the molecule is Cc1cc(-c2c(-c3cccc(C#N)c3)nn3ccc(NS(C)(=O)=O)nc23)cc(Cl)n1. The fourth-order valence-corrected chi connectivity index (χ4v) is 3.90. The number of nitrogens with zero attached hydrogens (tertiary/aromatic N) is 5. The maximum Gasteiger partial charge on any atom is 0.230 e. The first-order valence-electron chi connectivity index (χ1n) is 8.76. The molecule has 3 heterocycles. The molecule has 8 nitrogen and oxygen atoms in total. The predicted octanol–water partition coefficient (Wildman–Crippen LogP) is 3.66. The molecule has 0 fully saturated rings. The molecule has 0 bridgehead atoms. The molecule has 0 saturated heterocycles. The maximum absolute atomic E-state index is 11.6. The van der Waals surface area contributed by atoms with E-state index < -0.39 is 10.0 Å². The average molecular weight is 439 g/mol. The molecular formula is C20H15ClN6O2S. The van der Waals surface area contributed by atoms with Gasteiger partial charge >= 0.3 is 0 Å². The second kappa shape index (κ2) is 7.40. The highest BCUT2D eigenvalue weighted by Crippen LogP contribution is 2.36. The van der Waals surface area contributed by atoms with Crippen molar-refractivity contribution >= 4 is 33.1 Å². The first-order valence-corrected chi connectivity index (χ1v) is 11.0. The number of pyridine rings is 1. The summed E-state index contributed by atoms with van der Waals surface area (Å²) in [4.78, 5) is 8.67. The molecule has 4 rings (SSSR count). The lowest BCUT2D eigenvalue weighted by Crippen LogP contribution is -2.11. The van der Waals surface area contributed by atoms with Crippen LogP contribution in [0.25, 0.3) is 28.0 Å². The number of aryl methyl sites for hydroxylation is 1. The minimum absolute atomic E-state index is 0.167. The van der Waals surface area contributed by atoms with Crippen LogP contribution in [-0.2, 0) is 10.0 Å². The third-order valence-corrected chi connectivity index (χ3v) is 5.02. The van der Waals surface area contributed by atoms with Crippen LogP contribution >= 0.6 is 11.6 Å². The molecule has 10 heteroatoms. The second-order valence-corrected chi connectivity index (χ2v) is 8.83. The van der Waals surface area contributed by atoms with Crippen LogP contribution in [0.3, 0.4) is 0 Å². The van der Waals surface area contributed by atoms with E-state index in [1.54, 1.807) is 35.0 Å². The first-order chi connectivity index (χ1) is 14.2. The predicted molar refractivity (Wildman–Crippen MR) is 115 cm³/mol. The van der Waals surface area contributed by atoms with Gasteiger partial charge in [0.15, 0.2) is 5.65 Å². The number of aromatic nitrogens is 4. The molecule has 1 aromatic carbocycles. The third kappa shape index (κ3) is 3.96. The fraction of sp³-hybridized carbons (Fsp3) is 0.100. The van der Waals surface area contributed by atoms with Crippen molar-refractivity contribution in [1.29, 1.82) is 5.26 Å². The van der Waals surface area contributed by atoms with Crippen LogP contribution in [0.5, 0.6) is 0 Å². The zero-order chi connectivity index (χ0) is 21.5. The molecule has 0 aliphatic heterocycles. The number of sulfonamides is 1. The maximum atomic E-state index is 11.6. The van der Waals surface area contributed by atoms with Gasteiger partial charge in [0.05, 0.1) is 23.5 Å². The number of halogens is 1. The summed E-state index contributed by atoms with van der Waals surface area (Å²) in [6.45, 7) is 1.82. The molecule has 0 radical (unpaired) electrons. The number of rotatable bonds is 4. The Hall–Kier alpha value is -3.48. The monoisotopic (exact) mass is 438 g/mol. The van der Waals surface area contributed by atoms with Crippen molar-refractivity contribution in [2.75, 3.05) is 11.0 Å². The van der Waals surface area contributed by atoms with Crippen molar-refractivity contribution < 1.29 is 8.42 Å². The molecule has 4 aromatic rings. The first kappa shape index (κ1) is 19.8. The smallest absolute Gasteiger partial charge is 0.230 e. The Morgan fingerprint density at radius 2 is 1.93 bits per heavy atom. The Bertz CT molecular complexity index is 1420. The van der Waals surface area contributed by atoms with Gasteiger partial charge in [0.25, 0.3) is 0 Å². The molecule has 1 N–H and O–H groups in total. The van der Waals surface area contributed by atoms with Gasteiger partial charge < -0.3 is 0 Å². The van der Waals surface area contributed by atoms with E-state index >= 15 is 0 Å². The summed E-state index contributed by atoms with van der Waals surface area (Å²) in [5.41, 5.74) is 4.31. The van der Waals surface area contributed by atoms with Gasteiger partial charge in [-0.15, -0.1) is 0 Å². The molecule has 0 saturated carbocycles. The Morgan fingerprint density at radius 3 is 2.63 bits per heavy atom. The van der Waals surface area contributed by atoms with Crippen molar-refractivity contribution in [3.8, 4) is 28.5 Å². The van der Waals surface area contributed by atoms with Crippen LogP contribution in [0.4, 0.5) is 5.82 Å². The van der Waals surface area contributed by atoms with E-state index in [1.165, 1.54) is 6.07 Å². The molecule has 150 valence electrons. The van der Waals surface area contributed by atoms with Crippen LogP contribution in [0.2, 0.25) is 5.15 Å². The van der Waals surface area contributed by atoms with Gasteiger partial charge in [-0.05, 0) is 42.8 Å². The number of fused-ring (bicyclic) bond motifs is 1. The van der Waals surface area contributed by atoms with E-state index in [-0.39, 0.29) is 5.82 Å². The van der Waals surface area contributed by atoms with Crippen molar-refractivity contribution in [3.63, 3.8) is 0 Å². The number of benzene rings is 1. The van der Waals surface area contributed by atoms with Crippen LogP contribution in [0.15, 0.2) is 48.7 Å². The number of anilines is 1. The van der Waals surface area contributed by atoms with Crippen molar-refractivity contribution in [2.45, 2.75) is 6.92 Å². The molecule has 0 aliphatic carbocycles. The second-order valence-electron chi connectivity index (χ2n) is 6.69. The molecule has 30 heavy (non-hydrogen) atoms. The minimum atomic E-state index is -3.50. The summed E-state index contributed by atoms with van der Waals surface area (Å²) in [5, 5.41) is 14.2. The highest BCUT2D eigenvalue weighted by atomic mass is 35.5. The number of nitriles is 1. The number of hydrogen-bond donors (Lipinski definition) is 1. The summed E-state index contributed by atoms with van der Waals surface area (Å²) in [6.07, 6.45) is 2.67. The normalized spacial score (nSPS) is 11.4. The van der Waals surface area contributed by atoms with E-state index in [9.17, 15) is 13.7 Å². The zero-order valence-corrected chi connectivity index (χ0v) is 17.5. The highest BCUT2D eigenvalue weighted by Gasteiger charge is 2.20. The van der Waals surface area contributed by atoms with Crippen LogP contribution in [-0.4, -0.2) is 34.3 Å². The van der Waals surface area contributed by atoms with Gasteiger partial charge in [-0.3, -0.25) is 4.72 Å². The average Bonchev–Trinajstić information content (AvgIpc) is 3.05. The highest BCUT2D eigenvalue weighted by molar-refractivity contribution is 7.92. The molecule has 0 amide bonds. The fourth-order valence-electron chi connectivity index (χ4n) is 3.15. The van der Waals surface area contributed by atoms with Crippen LogP contribution < -0.4 is 4.72 Å². The molecule has 0 spiro atoms. The molecule has 0 unspecified atom stereocenters. The van der Waals surface area contributed by atoms with E-state index in [0.717, 1.165) is 17.4 Å². The minimum Gasteiger partial charge on any atom is -0.267 e. The van der Waals surface area contributed by atoms with E-state index in [0.29, 0.717) is 33.3 Å². The van der Waals surface area contributed by atoms with Crippen LogP contribution in [0, 0.1) is 18.3 Å². The lowest BCUT2D eigenvalue weighted by molar-refractivity contribution is 0.606. The Morgan fingerprint density at radius 1 is 1.13 bits per heavy atom. The molecular weight excluding hydrogens is 424 g/mol. The van der Waals surface area contributed by atoms with E-state index in [1.807, 2.05) is 19.1 Å². The third-order valence-electron chi connectivity index (χ3n) is 4.25. The van der Waals surface area contributed by atoms with Crippen molar-refractivity contribution in [3.05, 3.63) is 65.1 Å². The lowest BCUT2D eigenvalue weighted by Gasteiger charge is -2.07. The van der Waals surface area contributed by atoms with Gasteiger partial charge in [-0.25, -0.2) is 22.9 Å².